The minimum atomic E-state index is -0.744. The quantitative estimate of drug-likeness (QED) is 0.396. The van der Waals surface area contributed by atoms with Crippen LogP contribution < -0.4 is 5.56 Å². The zero-order chi connectivity index (χ0) is 22.2. The number of hydrogen-bond acceptors (Lipinski definition) is 6. The number of carbonyl (C=O) groups excluding carboxylic acids is 1. The highest BCUT2D eigenvalue weighted by atomic mass is 16.5. The Kier molecular flexibility index (Phi) is 5.28. The maximum absolute atomic E-state index is 13.5. The maximum Gasteiger partial charge on any atom is 0.261 e. The van der Waals surface area contributed by atoms with E-state index < -0.39 is 6.10 Å². The van der Waals surface area contributed by atoms with Gasteiger partial charge in [0.15, 0.2) is 5.78 Å². The Balaban J connectivity index is 1.65. The van der Waals surface area contributed by atoms with Gasteiger partial charge in [-0.1, -0.05) is 30.3 Å². The Labute approximate surface area is 184 Å². The van der Waals surface area contributed by atoms with Gasteiger partial charge in [0.25, 0.3) is 5.56 Å². The third-order valence-electron chi connectivity index (χ3n) is 6.11. The average Bonchev–Trinajstić information content (AvgIpc) is 2.81. The SMILES string of the molecule is CC(=O)c1ccc(Cc2cc3c(=O)n([C@H]4CCOC[C@@H]4O)cnc3c3ccccc23)cn1. The van der Waals surface area contributed by atoms with E-state index in [4.69, 9.17) is 4.74 Å². The minimum absolute atomic E-state index is 0.0744. The molecule has 2 aromatic carbocycles. The molecule has 4 aromatic rings. The van der Waals surface area contributed by atoms with Gasteiger partial charge in [0.1, 0.15) is 5.69 Å². The molecule has 1 aliphatic rings. The molecule has 3 heterocycles. The predicted octanol–water partition coefficient (Wildman–Crippen LogP) is 3.06. The van der Waals surface area contributed by atoms with Crippen LogP contribution in [-0.2, 0) is 11.2 Å². The number of rotatable bonds is 4. The molecule has 0 amide bonds. The first-order chi connectivity index (χ1) is 15.5. The van der Waals surface area contributed by atoms with Gasteiger partial charge in [0, 0.05) is 25.1 Å². The van der Waals surface area contributed by atoms with E-state index in [2.05, 4.69) is 9.97 Å². The van der Waals surface area contributed by atoms with E-state index in [-0.39, 0.29) is 24.0 Å². The third-order valence-corrected chi connectivity index (χ3v) is 6.11. The minimum Gasteiger partial charge on any atom is -0.389 e. The molecule has 1 fully saturated rings. The molecule has 1 aliphatic heterocycles. The third kappa shape index (κ3) is 3.59. The Morgan fingerprint density at radius 3 is 2.69 bits per heavy atom. The summed E-state index contributed by atoms with van der Waals surface area (Å²) in [6.45, 7) is 2.20. The fourth-order valence-corrected chi connectivity index (χ4v) is 4.42. The van der Waals surface area contributed by atoms with E-state index in [1.54, 1.807) is 18.6 Å². The first kappa shape index (κ1) is 20.5. The molecule has 0 spiro atoms. The molecule has 32 heavy (non-hydrogen) atoms. The van der Waals surface area contributed by atoms with E-state index >= 15 is 0 Å². The normalized spacial score (nSPS) is 18.8. The average molecular weight is 429 g/mol. The number of pyridine rings is 1. The van der Waals surface area contributed by atoms with E-state index in [9.17, 15) is 14.7 Å². The van der Waals surface area contributed by atoms with Crippen LogP contribution in [0.1, 0.15) is 41.0 Å². The Morgan fingerprint density at radius 2 is 1.97 bits per heavy atom. The molecule has 162 valence electrons. The van der Waals surface area contributed by atoms with Crippen molar-refractivity contribution in [2.24, 2.45) is 0 Å². The molecule has 0 saturated carbocycles. The molecule has 0 unspecified atom stereocenters. The molecule has 2 aromatic heterocycles. The zero-order valence-electron chi connectivity index (χ0n) is 17.7. The van der Waals surface area contributed by atoms with Crippen LogP contribution in [0.25, 0.3) is 21.7 Å². The maximum atomic E-state index is 13.5. The first-order valence-corrected chi connectivity index (χ1v) is 10.7. The summed E-state index contributed by atoms with van der Waals surface area (Å²) in [6, 6.07) is 13.1. The predicted molar refractivity (Wildman–Crippen MR) is 121 cm³/mol. The number of aromatic nitrogens is 3. The van der Waals surface area contributed by atoms with Crippen molar-refractivity contribution in [2.45, 2.75) is 31.9 Å². The Hall–Kier alpha value is -3.42. The lowest BCUT2D eigenvalue weighted by atomic mass is 9.96. The molecule has 0 bridgehead atoms. The van der Waals surface area contributed by atoms with Crippen molar-refractivity contribution >= 4 is 27.5 Å². The van der Waals surface area contributed by atoms with Gasteiger partial charge in [-0.15, -0.1) is 0 Å². The van der Waals surface area contributed by atoms with Crippen LogP contribution in [0.2, 0.25) is 0 Å². The highest BCUT2D eigenvalue weighted by Crippen LogP contribution is 2.28. The van der Waals surface area contributed by atoms with Crippen LogP contribution in [0.3, 0.4) is 0 Å². The van der Waals surface area contributed by atoms with E-state index in [1.165, 1.54) is 11.5 Å². The number of aliphatic hydroxyl groups is 1. The smallest absolute Gasteiger partial charge is 0.261 e. The summed E-state index contributed by atoms with van der Waals surface area (Å²) in [5.41, 5.74) is 2.84. The Bertz CT molecular complexity index is 1380. The summed E-state index contributed by atoms with van der Waals surface area (Å²) in [5, 5.41) is 12.8. The second-order valence-corrected chi connectivity index (χ2v) is 8.22. The zero-order valence-corrected chi connectivity index (χ0v) is 17.7. The molecule has 7 nitrogen and oxygen atoms in total. The van der Waals surface area contributed by atoms with Crippen molar-refractivity contribution in [1.29, 1.82) is 0 Å². The van der Waals surface area contributed by atoms with Crippen molar-refractivity contribution in [3.8, 4) is 0 Å². The molecule has 1 N–H and O–H groups in total. The number of fused-ring (bicyclic) bond motifs is 3. The lowest BCUT2D eigenvalue weighted by Crippen LogP contribution is -2.39. The number of Topliss-reactive ketones (excluding diaryl/α,β-unsaturated/α-hetero) is 1. The second kappa shape index (κ2) is 8.26. The highest BCUT2D eigenvalue weighted by molar-refractivity contribution is 6.06. The summed E-state index contributed by atoms with van der Waals surface area (Å²) in [7, 11) is 0. The van der Waals surface area contributed by atoms with Crippen molar-refractivity contribution < 1.29 is 14.6 Å². The van der Waals surface area contributed by atoms with Crippen LogP contribution in [0.4, 0.5) is 0 Å². The number of carbonyl (C=O) groups is 1. The molecular formula is C25H23N3O4. The molecule has 1 saturated heterocycles. The van der Waals surface area contributed by atoms with Crippen LogP contribution in [-0.4, -0.2) is 44.7 Å². The van der Waals surface area contributed by atoms with Gasteiger partial charge < -0.3 is 9.84 Å². The fraction of sp³-hybridized carbons (Fsp3) is 0.280. The molecule has 0 aliphatic carbocycles. The molecular weight excluding hydrogens is 406 g/mol. The number of nitrogens with zero attached hydrogens (tertiary/aromatic N) is 3. The van der Waals surface area contributed by atoms with Gasteiger partial charge in [0.2, 0.25) is 0 Å². The highest BCUT2D eigenvalue weighted by Gasteiger charge is 2.27. The number of aliphatic hydroxyl groups excluding tert-OH is 1. The summed E-state index contributed by atoms with van der Waals surface area (Å²) in [5.74, 6) is -0.0744. The standard InChI is InChI=1S/C25H23N3O4/c1-15(29)21-7-6-16(12-26-21)10-17-11-20-24(19-5-3-2-4-18(17)19)27-14-28(25(20)31)22-8-9-32-13-23(22)30/h2-7,11-12,14,22-23,30H,8-10,13H2,1H3/t22-,23-/m0/s1. The van der Waals surface area contributed by atoms with Crippen molar-refractivity contribution in [3.05, 3.63) is 82.2 Å². The lowest BCUT2D eigenvalue weighted by Gasteiger charge is -2.29. The van der Waals surface area contributed by atoms with Gasteiger partial charge in [0.05, 0.1) is 36.0 Å². The van der Waals surface area contributed by atoms with Crippen molar-refractivity contribution in [3.63, 3.8) is 0 Å². The summed E-state index contributed by atoms with van der Waals surface area (Å²) >= 11 is 0. The molecule has 0 radical (unpaired) electrons. The first-order valence-electron chi connectivity index (χ1n) is 10.7. The number of ketones is 1. The van der Waals surface area contributed by atoms with Gasteiger partial charge in [-0.25, -0.2) is 4.98 Å². The van der Waals surface area contributed by atoms with Gasteiger partial charge >= 0.3 is 0 Å². The van der Waals surface area contributed by atoms with Crippen LogP contribution in [0.15, 0.2) is 59.8 Å². The lowest BCUT2D eigenvalue weighted by molar-refractivity contribution is -0.0395. The summed E-state index contributed by atoms with van der Waals surface area (Å²) in [6.07, 6.45) is 3.63. The molecule has 7 heteroatoms. The van der Waals surface area contributed by atoms with E-state index in [0.717, 1.165) is 21.9 Å². The van der Waals surface area contributed by atoms with E-state index in [0.29, 0.717) is 36.0 Å². The molecule has 2 atom stereocenters. The monoisotopic (exact) mass is 429 g/mol. The van der Waals surface area contributed by atoms with Crippen LogP contribution in [0, 0.1) is 0 Å². The van der Waals surface area contributed by atoms with Crippen molar-refractivity contribution in [1.82, 2.24) is 14.5 Å². The number of ether oxygens (including phenoxy) is 1. The van der Waals surface area contributed by atoms with Crippen molar-refractivity contribution in [2.75, 3.05) is 13.2 Å². The molecule has 5 rings (SSSR count). The van der Waals surface area contributed by atoms with Crippen LogP contribution >= 0.6 is 0 Å². The van der Waals surface area contributed by atoms with Crippen LogP contribution in [0.5, 0.6) is 0 Å². The second-order valence-electron chi connectivity index (χ2n) is 8.22. The summed E-state index contributed by atoms with van der Waals surface area (Å²) in [4.78, 5) is 33.9. The van der Waals surface area contributed by atoms with Gasteiger partial charge in [-0.2, -0.15) is 0 Å². The number of benzene rings is 2. The summed E-state index contributed by atoms with van der Waals surface area (Å²) < 4.78 is 6.85. The largest absolute Gasteiger partial charge is 0.389 e. The van der Waals surface area contributed by atoms with Gasteiger partial charge in [-0.05, 0) is 41.5 Å². The Morgan fingerprint density at radius 1 is 1.16 bits per heavy atom. The van der Waals surface area contributed by atoms with Gasteiger partial charge in [-0.3, -0.25) is 19.1 Å². The fourth-order valence-electron chi connectivity index (χ4n) is 4.42. The topological polar surface area (TPSA) is 94.3 Å². The van der Waals surface area contributed by atoms with E-state index in [1.807, 2.05) is 36.4 Å². The number of hydrogen-bond donors (Lipinski definition) is 1.